The average Bonchev–Trinajstić information content (AvgIpc) is 1.68. The van der Waals surface area contributed by atoms with Crippen LogP contribution in [0.2, 0.25) is 0 Å². The molecule has 7 heavy (non-hydrogen) atoms. The molecule has 0 aromatic carbocycles. The van der Waals surface area contributed by atoms with Crippen molar-refractivity contribution in [2.45, 2.75) is 17.9 Å². The summed E-state index contributed by atoms with van der Waals surface area (Å²) < 4.78 is 8.46. The molecule has 0 amide bonds. The molecule has 0 saturated carbocycles. The van der Waals surface area contributed by atoms with E-state index in [9.17, 15) is 0 Å². The first kappa shape index (κ1) is 7.66. The summed E-state index contributed by atoms with van der Waals surface area (Å²) in [4.78, 5) is 0. The molecule has 3 heteroatoms. The summed E-state index contributed by atoms with van der Waals surface area (Å²) in [5, 5.41) is 0. The van der Waals surface area contributed by atoms with Gasteiger partial charge in [-0.25, -0.2) is 0 Å². The van der Waals surface area contributed by atoms with E-state index in [4.69, 9.17) is 4.55 Å². The summed E-state index contributed by atoms with van der Waals surface area (Å²) in [7, 11) is 0. The Morgan fingerprint density at radius 3 is 1.86 bits per heavy atom. The van der Waals surface area contributed by atoms with Crippen LogP contribution < -0.4 is 0 Å². The SMILES string of the molecule is CSC(C)(C)SO. The van der Waals surface area contributed by atoms with Crippen molar-refractivity contribution in [1.29, 1.82) is 0 Å². The van der Waals surface area contributed by atoms with Crippen molar-refractivity contribution in [2.75, 3.05) is 6.26 Å². The molecule has 0 aliphatic heterocycles. The van der Waals surface area contributed by atoms with E-state index in [0.29, 0.717) is 0 Å². The van der Waals surface area contributed by atoms with E-state index in [1.165, 1.54) is 0 Å². The van der Waals surface area contributed by atoms with Gasteiger partial charge >= 0.3 is 0 Å². The molecule has 0 aliphatic rings. The smallest absolute Gasteiger partial charge is 0.0811 e. The lowest BCUT2D eigenvalue weighted by molar-refractivity contribution is 0.650. The average molecular weight is 138 g/mol. The largest absolute Gasteiger partial charge is 0.329 e. The molecule has 0 aromatic heterocycles. The first-order valence-electron chi connectivity index (χ1n) is 2.00. The quantitative estimate of drug-likeness (QED) is 0.467. The van der Waals surface area contributed by atoms with Crippen LogP contribution in [0.3, 0.4) is 0 Å². The fraction of sp³-hybridized carbons (Fsp3) is 1.00. The number of hydrogen-bond acceptors (Lipinski definition) is 3. The van der Waals surface area contributed by atoms with Crippen LogP contribution in [0.5, 0.6) is 0 Å². The molecule has 0 aromatic rings. The van der Waals surface area contributed by atoms with E-state index in [2.05, 4.69) is 0 Å². The zero-order valence-corrected chi connectivity index (χ0v) is 6.40. The van der Waals surface area contributed by atoms with Gasteiger partial charge in [-0.1, -0.05) is 0 Å². The Balaban J connectivity index is 3.36. The highest BCUT2D eigenvalue weighted by Gasteiger charge is 2.14. The van der Waals surface area contributed by atoms with Gasteiger partial charge in [-0.05, 0) is 20.1 Å². The highest BCUT2D eigenvalue weighted by Crippen LogP contribution is 2.31. The Kier molecular flexibility index (Phi) is 3.11. The van der Waals surface area contributed by atoms with Crippen LogP contribution in [0.4, 0.5) is 0 Å². The maximum Gasteiger partial charge on any atom is 0.0811 e. The van der Waals surface area contributed by atoms with E-state index in [1.807, 2.05) is 20.1 Å². The second-order valence-corrected chi connectivity index (χ2v) is 4.59. The zero-order chi connectivity index (χ0) is 5.91. The minimum atomic E-state index is -0.0278. The second-order valence-electron chi connectivity index (χ2n) is 1.70. The highest BCUT2D eigenvalue weighted by atomic mass is 32.2. The van der Waals surface area contributed by atoms with E-state index in [0.717, 1.165) is 12.0 Å². The third-order valence-corrected chi connectivity index (χ3v) is 2.86. The molecule has 0 aliphatic carbocycles. The van der Waals surface area contributed by atoms with E-state index in [1.54, 1.807) is 11.8 Å². The Bertz CT molecular complexity index is 47.7. The van der Waals surface area contributed by atoms with E-state index < -0.39 is 0 Å². The number of hydrogen-bond donors (Lipinski definition) is 1. The van der Waals surface area contributed by atoms with Crippen molar-refractivity contribution in [3.05, 3.63) is 0 Å². The Morgan fingerprint density at radius 2 is 1.86 bits per heavy atom. The molecule has 0 fully saturated rings. The predicted octanol–water partition coefficient (Wildman–Crippen LogP) is 2.29. The van der Waals surface area contributed by atoms with Crippen LogP contribution in [-0.2, 0) is 0 Å². The Morgan fingerprint density at radius 1 is 1.43 bits per heavy atom. The Labute approximate surface area is 53.1 Å². The third-order valence-electron chi connectivity index (χ3n) is 0.711. The lowest BCUT2D eigenvalue weighted by Gasteiger charge is -2.14. The molecule has 0 spiro atoms. The highest BCUT2D eigenvalue weighted by molar-refractivity contribution is 8.15. The molecular formula is C4H10OS2. The van der Waals surface area contributed by atoms with Crippen LogP contribution in [0.15, 0.2) is 0 Å². The minimum Gasteiger partial charge on any atom is -0.329 e. The standard InChI is InChI=1S/C4H10OS2/c1-4(2,6-3)7-5/h5H,1-3H3. The molecular weight excluding hydrogens is 128 g/mol. The summed E-state index contributed by atoms with van der Waals surface area (Å²) in [6.45, 7) is 3.95. The molecule has 0 atom stereocenters. The van der Waals surface area contributed by atoms with Gasteiger partial charge in [0.15, 0.2) is 0 Å². The van der Waals surface area contributed by atoms with Crippen LogP contribution in [0.25, 0.3) is 0 Å². The van der Waals surface area contributed by atoms with Crippen LogP contribution in [0.1, 0.15) is 13.8 Å². The van der Waals surface area contributed by atoms with Gasteiger partial charge in [0.1, 0.15) is 0 Å². The van der Waals surface area contributed by atoms with Crippen LogP contribution >= 0.6 is 23.8 Å². The second kappa shape index (κ2) is 2.84. The molecule has 1 N–H and O–H groups in total. The van der Waals surface area contributed by atoms with Crippen molar-refractivity contribution in [2.24, 2.45) is 0 Å². The molecule has 0 rings (SSSR count). The van der Waals surface area contributed by atoms with Crippen molar-refractivity contribution in [3.63, 3.8) is 0 Å². The van der Waals surface area contributed by atoms with Gasteiger partial charge in [0.05, 0.1) is 4.08 Å². The maximum atomic E-state index is 8.49. The molecule has 44 valence electrons. The van der Waals surface area contributed by atoms with Crippen LogP contribution in [-0.4, -0.2) is 14.9 Å². The van der Waals surface area contributed by atoms with Crippen molar-refractivity contribution in [3.8, 4) is 0 Å². The summed E-state index contributed by atoms with van der Waals surface area (Å²) in [6.07, 6.45) is 1.98. The van der Waals surface area contributed by atoms with Gasteiger partial charge in [0, 0.05) is 12.0 Å². The topological polar surface area (TPSA) is 20.2 Å². The molecule has 0 bridgehead atoms. The summed E-state index contributed by atoms with van der Waals surface area (Å²) in [6, 6.07) is 0. The zero-order valence-electron chi connectivity index (χ0n) is 4.76. The number of thioether (sulfide) groups is 1. The summed E-state index contributed by atoms with van der Waals surface area (Å²) in [5.41, 5.74) is 0. The predicted molar refractivity (Wildman–Crippen MR) is 37.8 cm³/mol. The Hall–Kier alpha value is 0.660. The maximum absolute atomic E-state index is 8.49. The van der Waals surface area contributed by atoms with Gasteiger partial charge in [-0.2, -0.15) is 0 Å². The van der Waals surface area contributed by atoms with Crippen molar-refractivity contribution in [1.82, 2.24) is 0 Å². The molecule has 1 nitrogen and oxygen atoms in total. The van der Waals surface area contributed by atoms with Gasteiger partial charge in [-0.3, -0.25) is 0 Å². The third kappa shape index (κ3) is 3.26. The lowest BCUT2D eigenvalue weighted by Crippen LogP contribution is -2.05. The molecule has 0 saturated heterocycles. The van der Waals surface area contributed by atoms with E-state index in [-0.39, 0.29) is 4.08 Å². The van der Waals surface area contributed by atoms with Crippen molar-refractivity contribution >= 4 is 23.8 Å². The van der Waals surface area contributed by atoms with E-state index >= 15 is 0 Å². The molecule has 0 unspecified atom stereocenters. The summed E-state index contributed by atoms with van der Waals surface area (Å²) in [5.74, 6) is 0. The first-order valence-corrected chi connectivity index (χ1v) is 4.00. The normalized spacial score (nSPS) is 12.0. The summed E-state index contributed by atoms with van der Waals surface area (Å²) >= 11 is 2.53. The van der Waals surface area contributed by atoms with Crippen LogP contribution in [0, 0.1) is 0 Å². The fourth-order valence-electron chi connectivity index (χ4n) is 0.0373. The van der Waals surface area contributed by atoms with Gasteiger partial charge < -0.3 is 4.55 Å². The number of rotatable bonds is 2. The van der Waals surface area contributed by atoms with Crippen molar-refractivity contribution < 1.29 is 4.55 Å². The van der Waals surface area contributed by atoms with Gasteiger partial charge in [0.2, 0.25) is 0 Å². The molecule has 0 radical (unpaired) electrons. The van der Waals surface area contributed by atoms with Gasteiger partial charge in [0.25, 0.3) is 0 Å². The molecule has 0 heterocycles. The minimum absolute atomic E-state index is 0.0278. The van der Waals surface area contributed by atoms with Gasteiger partial charge in [-0.15, -0.1) is 11.8 Å². The monoisotopic (exact) mass is 138 g/mol. The fourth-order valence-corrected chi connectivity index (χ4v) is 0.335. The first-order chi connectivity index (χ1) is 3.12. The lowest BCUT2D eigenvalue weighted by atomic mass is 10.5.